The van der Waals surface area contributed by atoms with Crippen molar-refractivity contribution in [2.75, 3.05) is 26.6 Å². The molecule has 1 heterocycles. The minimum atomic E-state index is -0.740. The Hall–Kier alpha value is -4.66. The number of benzene rings is 3. The predicted molar refractivity (Wildman–Crippen MR) is 139 cm³/mol. The lowest BCUT2D eigenvalue weighted by Gasteiger charge is -2.29. The third-order valence-electron chi connectivity index (χ3n) is 5.93. The molecule has 3 amide bonds. The number of hydrogen-bond donors (Lipinski definition) is 3. The van der Waals surface area contributed by atoms with Crippen molar-refractivity contribution in [3.63, 3.8) is 0 Å². The molecule has 0 fully saturated rings. The standard InChI is InChI=1S/C28H29N3O6/c1-17-25(27(32)30-21-15-20(34-2)11-13-22(21)35-3)26(31-28(33)29-17)19-10-12-23(36-4)24(14-19)37-16-18-8-6-5-7-9-18/h5-15,26H,16H2,1-4H3,(H,30,32)(H2,29,31,33). The van der Waals surface area contributed by atoms with Crippen molar-refractivity contribution in [1.82, 2.24) is 10.6 Å². The predicted octanol–water partition coefficient (Wildman–Crippen LogP) is 4.56. The first-order chi connectivity index (χ1) is 17.9. The SMILES string of the molecule is COc1ccc(OC)c(NC(=O)C2=C(C)NC(=O)NC2c2ccc(OC)c(OCc3ccccc3)c2)c1. The van der Waals surface area contributed by atoms with Crippen LogP contribution in [-0.2, 0) is 11.4 Å². The van der Waals surface area contributed by atoms with E-state index in [0.29, 0.717) is 52.1 Å². The molecule has 1 aliphatic rings. The molecule has 9 nitrogen and oxygen atoms in total. The molecular formula is C28H29N3O6. The summed E-state index contributed by atoms with van der Waals surface area (Å²) in [5.41, 5.74) is 2.85. The molecule has 9 heteroatoms. The van der Waals surface area contributed by atoms with Crippen molar-refractivity contribution in [1.29, 1.82) is 0 Å². The zero-order valence-electron chi connectivity index (χ0n) is 21.1. The van der Waals surface area contributed by atoms with Gasteiger partial charge in [-0.05, 0) is 42.3 Å². The summed E-state index contributed by atoms with van der Waals surface area (Å²) in [6, 6.07) is 19.0. The van der Waals surface area contributed by atoms with E-state index in [1.165, 1.54) is 14.2 Å². The highest BCUT2D eigenvalue weighted by molar-refractivity contribution is 6.07. The Morgan fingerprint density at radius 2 is 1.62 bits per heavy atom. The Kier molecular flexibility index (Phi) is 7.83. The second-order valence-corrected chi connectivity index (χ2v) is 8.28. The maximum absolute atomic E-state index is 13.5. The van der Waals surface area contributed by atoms with Crippen LogP contribution >= 0.6 is 0 Å². The lowest BCUT2D eigenvalue weighted by molar-refractivity contribution is -0.113. The molecule has 3 aromatic carbocycles. The van der Waals surface area contributed by atoms with Gasteiger partial charge in [-0.3, -0.25) is 4.79 Å². The summed E-state index contributed by atoms with van der Waals surface area (Å²) in [5.74, 6) is 1.64. The number of ether oxygens (including phenoxy) is 4. The van der Waals surface area contributed by atoms with E-state index in [4.69, 9.17) is 18.9 Å². The van der Waals surface area contributed by atoms with Gasteiger partial charge >= 0.3 is 6.03 Å². The van der Waals surface area contributed by atoms with E-state index < -0.39 is 18.0 Å². The van der Waals surface area contributed by atoms with Crippen LogP contribution in [0.15, 0.2) is 78.0 Å². The molecule has 0 saturated heterocycles. The van der Waals surface area contributed by atoms with Gasteiger partial charge < -0.3 is 34.9 Å². The number of carbonyl (C=O) groups excluding carboxylic acids is 2. The summed E-state index contributed by atoms with van der Waals surface area (Å²) in [7, 11) is 4.61. The Labute approximate surface area is 215 Å². The number of nitrogens with one attached hydrogen (secondary N) is 3. The van der Waals surface area contributed by atoms with Gasteiger partial charge in [0.2, 0.25) is 0 Å². The quantitative estimate of drug-likeness (QED) is 0.395. The van der Waals surface area contributed by atoms with Gasteiger partial charge in [0.05, 0.1) is 38.6 Å². The van der Waals surface area contributed by atoms with Gasteiger partial charge in [0.25, 0.3) is 5.91 Å². The molecule has 0 bridgehead atoms. The maximum atomic E-state index is 13.5. The van der Waals surface area contributed by atoms with Crippen molar-refractivity contribution in [3.05, 3.63) is 89.1 Å². The molecule has 0 radical (unpaired) electrons. The van der Waals surface area contributed by atoms with E-state index in [9.17, 15) is 9.59 Å². The molecule has 0 spiro atoms. The molecule has 0 saturated carbocycles. The van der Waals surface area contributed by atoms with Crippen molar-refractivity contribution < 1.29 is 28.5 Å². The smallest absolute Gasteiger partial charge is 0.319 e. The highest BCUT2D eigenvalue weighted by Crippen LogP contribution is 2.36. The van der Waals surface area contributed by atoms with Crippen LogP contribution in [0.25, 0.3) is 0 Å². The van der Waals surface area contributed by atoms with Gasteiger partial charge in [-0.25, -0.2) is 4.79 Å². The fourth-order valence-electron chi connectivity index (χ4n) is 4.07. The first kappa shape index (κ1) is 25.4. The van der Waals surface area contributed by atoms with Crippen molar-refractivity contribution >= 4 is 17.6 Å². The van der Waals surface area contributed by atoms with E-state index in [1.807, 2.05) is 30.3 Å². The van der Waals surface area contributed by atoms with E-state index in [1.54, 1.807) is 50.4 Å². The Morgan fingerprint density at radius 1 is 0.892 bits per heavy atom. The van der Waals surface area contributed by atoms with Crippen LogP contribution in [0.2, 0.25) is 0 Å². The Balaban J connectivity index is 1.66. The number of anilines is 1. The minimum Gasteiger partial charge on any atom is -0.497 e. The minimum absolute atomic E-state index is 0.330. The Bertz CT molecular complexity index is 1320. The molecular weight excluding hydrogens is 474 g/mol. The molecule has 0 aliphatic carbocycles. The second kappa shape index (κ2) is 11.4. The molecule has 3 aromatic rings. The van der Waals surface area contributed by atoms with Crippen LogP contribution in [-0.4, -0.2) is 33.3 Å². The van der Waals surface area contributed by atoms with Crippen LogP contribution in [0.5, 0.6) is 23.0 Å². The zero-order valence-corrected chi connectivity index (χ0v) is 21.1. The van der Waals surface area contributed by atoms with Crippen LogP contribution in [0.3, 0.4) is 0 Å². The normalized spacial score (nSPS) is 14.8. The highest BCUT2D eigenvalue weighted by atomic mass is 16.5. The van der Waals surface area contributed by atoms with E-state index in [-0.39, 0.29) is 0 Å². The van der Waals surface area contributed by atoms with Crippen LogP contribution < -0.4 is 34.9 Å². The Morgan fingerprint density at radius 3 is 2.32 bits per heavy atom. The van der Waals surface area contributed by atoms with Crippen LogP contribution in [0, 0.1) is 0 Å². The lowest BCUT2D eigenvalue weighted by atomic mass is 9.94. The lowest BCUT2D eigenvalue weighted by Crippen LogP contribution is -2.46. The molecule has 1 aliphatic heterocycles. The zero-order chi connectivity index (χ0) is 26.4. The molecule has 4 rings (SSSR count). The van der Waals surface area contributed by atoms with Gasteiger partial charge in [-0.2, -0.15) is 0 Å². The summed E-state index contributed by atoms with van der Waals surface area (Å²) in [6.45, 7) is 2.01. The third kappa shape index (κ3) is 5.78. The van der Waals surface area contributed by atoms with Crippen molar-refractivity contribution in [2.24, 2.45) is 0 Å². The summed E-state index contributed by atoms with van der Waals surface area (Å²) >= 11 is 0. The summed E-state index contributed by atoms with van der Waals surface area (Å²) < 4.78 is 22.2. The van der Waals surface area contributed by atoms with Gasteiger partial charge in [0, 0.05) is 11.8 Å². The number of amides is 3. The van der Waals surface area contributed by atoms with Gasteiger partial charge in [-0.1, -0.05) is 36.4 Å². The van der Waals surface area contributed by atoms with Gasteiger partial charge in [0.15, 0.2) is 11.5 Å². The van der Waals surface area contributed by atoms with Crippen molar-refractivity contribution in [3.8, 4) is 23.0 Å². The fourth-order valence-corrected chi connectivity index (χ4v) is 4.07. The molecule has 1 atom stereocenters. The number of allylic oxidation sites excluding steroid dienone is 1. The monoisotopic (exact) mass is 503 g/mol. The summed E-state index contributed by atoms with van der Waals surface area (Å²) in [6.07, 6.45) is 0. The molecule has 1 unspecified atom stereocenters. The van der Waals surface area contributed by atoms with Crippen LogP contribution in [0.1, 0.15) is 24.1 Å². The average Bonchev–Trinajstić information content (AvgIpc) is 2.91. The maximum Gasteiger partial charge on any atom is 0.319 e. The number of carbonyl (C=O) groups is 2. The second-order valence-electron chi connectivity index (χ2n) is 8.28. The number of rotatable bonds is 9. The van der Waals surface area contributed by atoms with Crippen molar-refractivity contribution in [2.45, 2.75) is 19.6 Å². The first-order valence-electron chi connectivity index (χ1n) is 11.6. The number of methoxy groups -OCH3 is 3. The summed E-state index contributed by atoms with van der Waals surface area (Å²) in [4.78, 5) is 25.9. The highest BCUT2D eigenvalue weighted by Gasteiger charge is 2.32. The first-order valence-corrected chi connectivity index (χ1v) is 11.6. The number of urea groups is 1. The molecule has 0 aromatic heterocycles. The fraction of sp³-hybridized carbons (Fsp3) is 0.214. The van der Waals surface area contributed by atoms with E-state index in [0.717, 1.165) is 5.56 Å². The topological polar surface area (TPSA) is 107 Å². The van der Waals surface area contributed by atoms with E-state index >= 15 is 0 Å². The number of hydrogen-bond acceptors (Lipinski definition) is 6. The summed E-state index contributed by atoms with van der Waals surface area (Å²) in [5, 5.41) is 8.42. The van der Waals surface area contributed by atoms with E-state index in [2.05, 4.69) is 16.0 Å². The van der Waals surface area contributed by atoms with Gasteiger partial charge in [0.1, 0.15) is 18.1 Å². The van der Waals surface area contributed by atoms with Gasteiger partial charge in [-0.15, -0.1) is 0 Å². The largest absolute Gasteiger partial charge is 0.497 e. The van der Waals surface area contributed by atoms with Crippen LogP contribution in [0.4, 0.5) is 10.5 Å². The molecule has 37 heavy (non-hydrogen) atoms. The molecule has 3 N–H and O–H groups in total. The molecule has 192 valence electrons. The average molecular weight is 504 g/mol. The third-order valence-corrected chi connectivity index (χ3v) is 5.93.